The minimum Gasteiger partial charge on any atom is -0.353 e. The summed E-state index contributed by atoms with van der Waals surface area (Å²) in [6, 6.07) is 6.18. The van der Waals surface area contributed by atoms with Gasteiger partial charge in [-0.3, -0.25) is 0 Å². The Labute approximate surface area is 111 Å². The van der Waals surface area contributed by atoms with E-state index in [1.165, 1.54) is 4.88 Å². The van der Waals surface area contributed by atoms with Crippen LogP contribution in [0.3, 0.4) is 0 Å². The van der Waals surface area contributed by atoms with Crippen LogP contribution in [-0.4, -0.2) is 23.1 Å². The number of rotatable bonds is 6. The molecule has 2 heterocycles. The zero-order valence-corrected chi connectivity index (χ0v) is 11.5. The number of anilines is 1. The smallest absolute Gasteiger partial charge is 0.223 e. The fourth-order valence-electron chi connectivity index (χ4n) is 1.69. The molecule has 0 radical (unpaired) electrons. The molecule has 0 amide bonds. The van der Waals surface area contributed by atoms with E-state index in [0.29, 0.717) is 5.95 Å². The van der Waals surface area contributed by atoms with Crippen molar-refractivity contribution in [3.05, 3.63) is 39.8 Å². The predicted molar refractivity (Wildman–Crippen MR) is 76.0 cm³/mol. The van der Waals surface area contributed by atoms with Crippen molar-refractivity contribution >= 4 is 17.3 Å². The number of hydrogen-bond acceptors (Lipinski definition) is 5. The van der Waals surface area contributed by atoms with Crippen LogP contribution in [0.1, 0.15) is 16.3 Å². The normalized spacial score (nSPS) is 10.6. The molecule has 0 saturated heterocycles. The molecule has 18 heavy (non-hydrogen) atoms. The van der Waals surface area contributed by atoms with Gasteiger partial charge in [-0.2, -0.15) is 0 Å². The SMILES string of the molecule is Cc1cc(C)nc(NCCNCc2cccs2)n1. The Morgan fingerprint density at radius 2 is 1.94 bits per heavy atom. The summed E-state index contributed by atoms with van der Waals surface area (Å²) in [6.45, 7) is 6.61. The second-order valence-electron chi connectivity index (χ2n) is 4.16. The van der Waals surface area contributed by atoms with E-state index < -0.39 is 0 Å². The molecular formula is C13H18N4S. The molecule has 0 fully saturated rings. The Balaban J connectivity index is 1.68. The second-order valence-corrected chi connectivity index (χ2v) is 5.19. The van der Waals surface area contributed by atoms with E-state index in [1.807, 2.05) is 19.9 Å². The topological polar surface area (TPSA) is 49.8 Å². The van der Waals surface area contributed by atoms with E-state index in [4.69, 9.17) is 0 Å². The van der Waals surface area contributed by atoms with Crippen LogP contribution in [0.25, 0.3) is 0 Å². The highest BCUT2D eigenvalue weighted by atomic mass is 32.1. The number of aromatic nitrogens is 2. The standard InChI is InChI=1S/C13H18N4S/c1-10-8-11(2)17-13(16-10)15-6-5-14-9-12-4-3-7-18-12/h3-4,7-8,14H,5-6,9H2,1-2H3,(H,15,16,17). The molecule has 0 unspecified atom stereocenters. The lowest BCUT2D eigenvalue weighted by atomic mass is 10.4. The number of hydrogen-bond donors (Lipinski definition) is 2. The summed E-state index contributed by atoms with van der Waals surface area (Å²) in [6.07, 6.45) is 0. The summed E-state index contributed by atoms with van der Waals surface area (Å²) in [5.41, 5.74) is 1.99. The third kappa shape index (κ3) is 4.09. The van der Waals surface area contributed by atoms with E-state index in [0.717, 1.165) is 31.0 Å². The molecular weight excluding hydrogens is 244 g/mol. The van der Waals surface area contributed by atoms with E-state index in [2.05, 4.69) is 38.1 Å². The number of thiophene rings is 1. The molecule has 0 aliphatic carbocycles. The maximum Gasteiger partial charge on any atom is 0.223 e. The van der Waals surface area contributed by atoms with Crippen LogP contribution in [-0.2, 0) is 6.54 Å². The van der Waals surface area contributed by atoms with Crippen LogP contribution in [0.5, 0.6) is 0 Å². The first-order valence-electron chi connectivity index (χ1n) is 6.03. The van der Waals surface area contributed by atoms with Gasteiger partial charge in [0.2, 0.25) is 5.95 Å². The minimum absolute atomic E-state index is 0.713. The summed E-state index contributed by atoms with van der Waals surface area (Å²) in [5.74, 6) is 0.713. The zero-order valence-electron chi connectivity index (χ0n) is 10.7. The van der Waals surface area contributed by atoms with Gasteiger partial charge < -0.3 is 10.6 Å². The third-order valence-electron chi connectivity index (χ3n) is 2.45. The number of aryl methyl sites for hydroxylation is 2. The lowest BCUT2D eigenvalue weighted by Gasteiger charge is -2.07. The fourth-order valence-corrected chi connectivity index (χ4v) is 2.37. The largest absolute Gasteiger partial charge is 0.353 e. The highest BCUT2D eigenvalue weighted by Gasteiger charge is 1.98. The summed E-state index contributed by atoms with van der Waals surface area (Å²) in [7, 11) is 0. The Morgan fingerprint density at radius 3 is 2.61 bits per heavy atom. The van der Waals surface area contributed by atoms with Gasteiger partial charge in [-0.1, -0.05) is 6.07 Å². The Kier molecular flexibility index (Phi) is 4.66. The monoisotopic (exact) mass is 262 g/mol. The maximum atomic E-state index is 4.33. The molecule has 0 spiro atoms. The van der Waals surface area contributed by atoms with E-state index in [1.54, 1.807) is 11.3 Å². The van der Waals surface area contributed by atoms with Gasteiger partial charge in [0.25, 0.3) is 0 Å². The van der Waals surface area contributed by atoms with E-state index >= 15 is 0 Å². The van der Waals surface area contributed by atoms with Crippen molar-refractivity contribution in [2.45, 2.75) is 20.4 Å². The minimum atomic E-state index is 0.713. The van der Waals surface area contributed by atoms with Crippen LogP contribution in [0.15, 0.2) is 23.6 Å². The van der Waals surface area contributed by atoms with Gasteiger partial charge in [0.05, 0.1) is 0 Å². The average molecular weight is 262 g/mol. The molecule has 0 aliphatic heterocycles. The lowest BCUT2D eigenvalue weighted by Crippen LogP contribution is -2.22. The molecule has 4 nitrogen and oxygen atoms in total. The molecule has 2 aromatic heterocycles. The zero-order chi connectivity index (χ0) is 12.8. The van der Waals surface area contributed by atoms with Crippen LogP contribution in [0.2, 0.25) is 0 Å². The Bertz CT molecular complexity index is 461. The first-order chi connectivity index (χ1) is 8.74. The average Bonchev–Trinajstić information content (AvgIpc) is 2.80. The summed E-state index contributed by atoms with van der Waals surface area (Å²) >= 11 is 1.77. The summed E-state index contributed by atoms with van der Waals surface area (Å²) < 4.78 is 0. The van der Waals surface area contributed by atoms with E-state index in [9.17, 15) is 0 Å². The van der Waals surface area contributed by atoms with Gasteiger partial charge >= 0.3 is 0 Å². The van der Waals surface area contributed by atoms with Crippen molar-refractivity contribution in [1.29, 1.82) is 0 Å². The molecule has 2 rings (SSSR count). The highest BCUT2D eigenvalue weighted by molar-refractivity contribution is 7.09. The Hall–Kier alpha value is -1.46. The fraction of sp³-hybridized carbons (Fsp3) is 0.385. The molecule has 0 atom stereocenters. The van der Waals surface area contributed by atoms with Gasteiger partial charge in [-0.05, 0) is 31.4 Å². The quantitative estimate of drug-likeness (QED) is 0.785. The van der Waals surface area contributed by atoms with Crippen LogP contribution < -0.4 is 10.6 Å². The first-order valence-corrected chi connectivity index (χ1v) is 6.91. The molecule has 0 saturated carbocycles. The summed E-state index contributed by atoms with van der Waals surface area (Å²) in [5, 5.41) is 8.70. The lowest BCUT2D eigenvalue weighted by molar-refractivity contribution is 0.711. The van der Waals surface area contributed by atoms with E-state index in [-0.39, 0.29) is 0 Å². The first kappa shape index (κ1) is 13.0. The van der Waals surface area contributed by atoms with Crippen molar-refractivity contribution in [1.82, 2.24) is 15.3 Å². The van der Waals surface area contributed by atoms with Gasteiger partial charge in [-0.25, -0.2) is 9.97 Å². The van der Waals surface area contributed by atoms with Crippen molar-refractivity contribution in [3.8, 4) is 0 Å². The van der Waals surface area contributed by atoms with Crippen molar-refractivity contribution < 1.29 is 0 Å². The van der Waals surface area contributed by atoms with Crippen LogP contribution in [0.4, 0.5) is 5.95 Å². The second kappa shape index (κ2) is 6.47. The molecule has 5 heteroatoms. The number of nitrogens with one attached hydrogen (secondary N) is 2. The van der Waals surface area contributed by atoms with Gasteiger partial charge in [0.15, 0.2) is 0 Å². The molecule has 2 N–H and O–H groups in total. The third-order valence-corrected chi connectivity index (χ3v) is 3.32. The van der Waals surface area contributed by atoms with Gasteiger partial charge in [0, 0.05) is 35.9 Å². The Morgan fingerprint density at radius 1 is 1.17 bits per heavy atom. The van der Waals surface area contributed by atoms with Crippen molar-refractivity contribution in [2.24, 2.45) is 0 Å². The number of nitrogens with zero attached hydrogens (tertiary/aromatic N) is 2. The summed E-state index contributed by atoms with van der Waals surface area (Å²) in [4.78, 5) is 10.0. The molecule has 2 aromatic rings. The predicted octanol–water partition coefficient (Wildman–Crippen LogP) is 2.36. The molecule has 0 aliphatic rings. The van der Waals surface area contributed by atoms with Crippen LogP contribution >= 0.6 is 11.3 Å². The highest BCUT2D eigenvalue weighted by Crippen LogP contribution is 2.07. The van der Waals surface area contributed by atoms with Gasteiger partial charge in [-0.15, -0.1) is 11.3 Å². The van der Waals surface area contributed by atoms with Crippen LogP contribution in [0, 0.1) is 13.8 Å². The molecule has 96 valence electrons. The molecule has 0 aromatic carbocycles. The maximum absolute atomic E-state index is 4.33. The van der Waals surface area contributed by atoms with Crippen molar-refractivity contribution in [2.75, 3.05) is 18.4 Å². The van der Waals surface area contributed by atoms with Gasteiger partial charge in [0.1, 0.15) is 0 Å². The molecule has 0 bridgehead atoms. The van der Waals surface area contributed by atoms with Crippen molar-refractivity contribution in [3.63, 3.8) is 0 Å².